The minimum atomic E-state index is -0.190. The number of benzene rings is 4. The molecule has 0 bridgehead atoms. The molecular weight excluding hydrogens is 503 g/mol. The zero-order valence-electron chi connectivity index (χ0n) is 22.5. The van der Waals surface area contributed by atoms with E-state index >= 15 is 0 Å². The van der Waals surface area contributed by atoms with Crippen molar-refractivity contribution in [2.45, 2.75) is 0 Å². The number of para-hydroxylation sites is 3. The van der Waals surface area contributed by atoms with E-state index in [2.05, 4.69) is 65.7 Å². The Kier molecular flexibility index (Phi) is 5.94. The van der Waals surface area contributed by atoms with E-state index in [1.165, 1.54) is 0 Å². The molecule has 0 aromatic heterocycles. The van der Waals surface area contributed by atoms with Gasteiger partial charge in [0, 0.05) is 57.7 Å². The maximum atomic E-state index is 14.7. The number of carbonyl (C=O) groups excluding carboxylic acids is 1. The van der Waals surface area contributed by atoms with Crippen LogP contribution in [0, 0.1) is 0 Å². The van der Waals surface area contributed by atoms with Crippen LogP contribution in [0.4, 0.5) is 33.2 Å². The summed E-state index contributed by atoms with van der Waals surface area (Å²) in [5, 5.41) is 0. The van der Waals surface area contributed by atoms with Crippen LogP contribution in [0.2, 0.25) is 0 Å². The van der Waals surface area contributed by atoms with Gasteiger partial charge in [0.15, 0.2) is 0 Å². The summed E-state index contributed by atoms with van der Waals surface area (Å²) in [6.45, 7) is 7.83. The fourth-order valence-electron chi connectivity index (χ4n) is 6.01. The molecule has 4 aromatic carbocycles. The van der Waals surface area contributed by atoms with Gasteiger partial charge in [-0.25, -0.2) is 4.79 Å². The summed E-state index contributed by atoms with van der Waals surface area (Å²) in [6, 6.07) is 36.2. The van der Waals surface area contributed by atoms with Crippen LogP contribution in [0.5, 0.6) is 0 Å². The van der Waals surface area contributed by atoms with Gasteiger partial charge >= 0.3 is 6.03 Å². The molecule has 3 aliphatic heterocycles. The Morgan fingerprint density at radius 3 is 1.73 bits per heavy atom. The van der Waals surface area contributed by atoms with Gasteiger partial charge in [0.1, 0.15) is 0 Å². The number of allylic oxidation sites excluding steroid dienone is 3. The standard InChI is InChI=1S/C35H27BN4O/c1-3-15-26(4-2)37-24-32-36-33(25-38(27-16-8-5-9-17-27)31-23-14-22-30(37)34(31)36)40(29-20-12-7-13-21-29)35(41)39(32)28-18-10-6-11-19-28/h3-25H,1-2H2/b26-15+. The van der Waals surface area contributed by atoms with Crippen molar-refractivity contribution in [1.82, 2.24) is 0 Å². The molecule has 0 N–H and O–H groups in total. The van der Waals surface area contributed by atoms with Crippen molar-refractivity contribution in [3.63, 3.8) is 0 Å². The minimum absolute atomic E-state index is 0.139. The van der Waals surface area contributed by atoms with E-state index in [-0.39, 0.29) is 12.7 Å². The smallest absolute Gasteiger partial charge is 0.317 e. The third-order valence-electron chi connectivity index (χ3n) is 7.72. The first-order chi connectivity index (χ1) is 20.2. The number of rotatable bonds is 6. The second-order valence-electron chi connectivity index (χ2n) is 9.98. The van der Waals surface area contributed by atoms with Crippen LogP contribution in [-0.2, 0) is 0 Å². The van der Waals surface area contributed by atoms with Gasteiger partial charge in [-0.3, -0.25) is 9.80 Å². The van der Waals surface area contributed by atoms with Crippen LogP contribution in [0.25, 0.3) is 0 Å². The zero-order valence-corrected chi connectivity index (χ0v) is 22.5. The molecule has 41 heavy (non-hydrogen) atoms. The van der Waals surface area contributed by atoms with E-state index < -0.39 is 0 Å². The summed E-state index contributed by atoms with van der Waals surface area (Å²) in [5.74, 6) is 0. The molecule has 196 valence electrons. The van der Waals surface area contributed by atoms with Crippen molar-refractivity contribution >= 4 is 46.6 Å². The van der Waals surface area contributed by atoms with Crippen molar-refractivity contribution in [1.29, 1.82) is 0 Å². The molecule has 7 rings (SSSR count). The van der Waals surface area contributed by atoms with Crippen LogP contribution < -0.4 is 25.1 Å². The van der Waals surface area contributed by atoms with Crippen LogP contribution >= 0.6 is 0 Å². The molecule has 5 nitrogen and oxygen atoms in total. The van der Waals surface area contributed by atoms with Crippen molar-refractivity contribution in [2.75, 3.05) is 19.6 Å². The lowest BCUT2D eigenvalue weighted by Gasteiger charge is -2.49. The molecule has 1 saturated heterocycles. The molecule has 1 fully saturated rings. The molecule has 4 aromatic rings. The van der Waals surface area contributed by atoms with Gasteiger partial charge < -0.3 is 9.80 Å². The molecule has 3 aliphatic rings. The van der Waals surface area contributed by atoms with Crippen LogP contribution in [0.1, 0.15) is 0 Å². The lowest BCUT2D eigenvalue weighted by Crippen LogP contribution is -2.63. The van der Waals surface area contributed by atoms with E-state index in [9.17, 15) is 4.79 Å². The number of hydrogen-bond donors (Lipinski definition) is 0. The number of nitrogens with zero attached hydrogens (tertiary/aromatic N) is 4. The lowest BCUT2D eigenvalue weighted by atomic mass is 9.36. The number of anilines is 5. The lowest BCUT2D eigenvalue weighted by molar-refractivity contribution is 0.254. The van der Waals surface area contributed by atoms with Gasteiger partial charge in [-0.15, -0.1) is 0 Å². The summed E-state index contributed by atoms with van der Waals surface area (Å²) in [5.41, 5.74) is 8.51. The largest absolute Gasteiger partial charge is 0.336 e. The molecule has 0 spiro atoms. The van der Waals surface area contributed by atoms with E-state index in [0.29, 0.717) is 0 Å². The Labute approximate surface area is 240 Å². The van der Waals surface area contributed by atoms with Gasteiger partial charge in [-0.1, -0.05) is 79.9 Å². The first-order valence-corrected chi connectivity index (χ1v) is 13.6. The average Bonchev–Trinajstić information content (AvgIpc) is 3.03. The molecule has 6 heteroatoms. The fraction of sp³-hybridized carbons (Fsp3) is 0. The van der Waals surface area contributed by atoms with Crippen LogP contribution in [0.3, 0.4) is 0 Å². The Morgan fingerprint density at radius 1 is 0.634 bits per heavy atom. The maximum Gasteiger partial charge on any atom is 0.336 e. The summed E-state index contributed by atoms with van der Waals surface area (Å²) >= 11 is 0. The van der Waals surface area contributed by atoms with Gasteiger partial charge in [0.25, 0.3) is 6.71 Å². The first kappa shape index (κ1) is 24.5. The van der Waals surface area contributed by atoms with Crippen molar-refractivity contribution in [3.8, 4) is 0 Å². The highest BCUT2D eigenvalue weighted by Gasteiger charge is 2.51. The third-order valence-corrected chi connectivity index (χ3v) is 7.72. The normalized spacial score (nSPS) is 15.8. The van der Waals surface area contributed by atoms with Gasteiger partial charge in [0.2, 0.25) is 0 Å². The number of urea groups is 1. The van der Waals surface area contributed by atoms with Crippen molar-refractivity contribution in [3.05, 3.63) is 170 Å². The SMILES string of the molecule is C=C/C=C(\C=C)N1C=C2B3C(=CN(c4ccccc4)c4cccc1c43)N(c1ccccc1)C(=O)N2c1ccccc1. The summed E-state index contributed by atoms with van der Waals surface area (Å²) in [4.78, 5) is 22.7. The predicted molar refractivity (Wildman–Crippen MR) is 171 cm³/mol. The highest BCUT2D eigenvalue weighted by atomic mass is 16.2. The van der Waals surface area contributed by atoms with Gasteiger partial charge in [-0.05, 0) is 66.1 Å². The number of amides is 2. The van der Waals surface area contributed by atoms with Crippen molar-refractivity contribution < 1.29 is 4.79 Å². The van der Waals surface area contributed by atoms with Crippen LogP contribution in [-0.4, -0.2) is 12.7 Å². The van der Waals surface area contributed by atoms with E-state index in [1.54, 1.807) is 6.08 Å². The third kappa shape index (κ3) is 3.84. The number of carbonyl (C=O) groups is 1. The Bertz CT molecular complexity index is 1760. The Balaban J connectivity index is 1.56. The summed E-state index contributed by atoms with van der Waals surface area (Å²) < 4.78 is 0. The molecular formula is C35H27BN4O. The molecule has 2 amide bonds. The van der Waals surface area contributed by atoms with E-state index in [1.807, 2.05) is 101 Å². The summed E-state index contributed by atoms with van der Waals surface area (Å²) in [7, 11) is 0. The van der Waals surface area contributed by atoms with Gasteiger partial charge in [-0.2, -0.15) is 0 Å². The molecule has 0 radical (unpaired) electrons. The molecule has 3 heterocycles. The Morgan fingerprint density at radius 2 is 1.17 bits per heavy atom. The van der Waals surface area contributed by atoms with E-state index in [0.717, 1.165) is 50.8 Å². The molecule has 0 atom stereocenters. The molecule has 0 unspecified atom stereocenters. The fourth-order valence-corrected chi connectivity index (χ4v) is 6.01. The second-order valence-corrected chi connectivity index (χ2v) is 9.98. The predicted octanol–water partition coefficient (Wildman–Crippen LogP) is 7.52. The summed E-state index contributed by atoms with van der Waals surface area (Å²) in [6.07, 6.45) is 9.72. The average molecular weight is 530 g/mol. The highest BCUT2D eigenvalue weighted by molar-refractivity contribution is 6.91. The minimum Gasteiger partial charge on any atom is -0.317 e. The first-order valence-electron chi connectivity index (χ1n) is 13.6. The zero-order chi connectivity index (χ0) is 27.9. The number of hydrogen-bond acceptors (Lipinski definition) is 3. The quantitative estimate of drug-likeness (QED) is 0.191. The Hall–Kier alpha value is -5.49. The van der Waals surface area contributed by atoms with E-state index in [4.69, 9.17) is 0 Å². The second kappa shape index (κ2) is 9.92. The van der Waals surface area contributed by atoms with Crippen LogP contribution in [0.15, 0.2) is 170 Å². The van der Waals surface area contributed by atoms with Gasteiger partial charge in [0.05, 0.1) is 0 Å². The molecule has 0 saturated carbocycles. The highest BCUT2D eigenvalue weighted by Crippen LogP contribution is 2.44. The monoisotopic (exact) mass is 530 g/mol. The van der Waals surface area contributed by atoms with Crippen molar-refractivity contribution in [2.24, 2.45) is 0 Å². The maximum absolute atomic E-state index is 14.7. The topological polar surface area (TPSA) is 30.0 Å². The molecule has 0 aliphatic carbocycles.